The quantitative estimate of drug-likeness (QED) is 0.654. The molecule has 0 saturated heterocycles. The number of fused-ring (bicyclic) bond motifs is 2. The molecule has 109 valence electrons. The second-order valence-corrected chi connectivity index (χ2v) is 4.97. The first-order chi connectivity index (χ1) is 10.7. The summed E-state index contributed by atoms with van der Waals surface area (Å²) < 4.78 is 1.41. The molecule has 0 aliphatic carbocycles. The summed E-state index contributed by atoms with van der Waals surface area (Å²) in [7, 11) is 0. The number of carbonyl (C=O) groups is 1. The topological polar surface area (TPSA) is 61.9 Å². The van der Waals surface area contributed by atoms with Gasteiger partial charge in [0.2, 0.25) is 0 Å². The summed E-state index contributed by atoms with van der Waals surface area (Å²) >= 11 is 0. The zero-order valence-electron chi connectivity index (χ0n) is 12.2. The van der Waals surface area contributed by atoms with Crippen LogP contribution in [0.15, 0.2) is 61.8 Å². The molecule has 0 spiro atoms. The Morgan fingerprint density at radius 3 is 2.87 bits per heavy atom. The third-order valence-electron chi connectivity index (χ3n) is 3.61. The molecule has 6 heteroatoms. The molecule has 3 heterocycles. The van der Waals surface area contributed by atoms with Gasteiger partial charge in [0.25, 0.3) is 5.91 Å². The number of hydrogen-bond donors (Lipinski definition) is 0. The fourth-order valence-corrected chi connectivity index (χ4v) is 2.49. The Morgan fingerprint density at radius 1 is 1.26 bits per heavy atom. The molecule has 4 rings (SSSR count). The van der Waals surface area contributed by atoms with E-state index in [-0.39, 0.29) is 38.6 Å². The van der Waals surface area contributed by atoms with Crippen molar-refractivity contribution in [3.8, 4) is 0 Å². The van der Waals surface area contributed by atoms with Crippen LogP contribution in [0.1, 0.15) is 16.1 Å². The Balaban J connectivity index is 0.00000156. The molecule has 1 aliphatic heterocycles. The predicted molar refractivity (Wildman–Crippen MR) is 85.0 cm³/mol. The number of hydrogen-bond acceptors (Lipinski definition) is 3. The van der Waals surface area contributed by atoms with Crippen LogP contribution in [0.3, 0.4) is 0 Å². The van der Waals surface area contributed by atoms with E-state index in [0.29, 0.717) is 17.0 Å². The summed E-state index contributed by atoms with van der Waals surface area (Å²) in [4.78, 5) is 21.1. The maximum absolute atomic E-state index is 12.6. The molecule has 3 aromatic rings. The van der Waals surface area contributed by atoms with Crippen LogP contribution in [0.4, 0.5) is 0 Å². The van der Waals surface area contributed by atoms with Gasteiger partial charge in [-0.15, -0.1) is 12.3 Å². The van der Waals surface area contributed by atoms with E-state index in [2.05, 4.69) is 21.9 Å². The molecule has 0 amide bonds. The molecule has 1 aromatic carbocycles. The van der Waals surface area contributed by atoms with Gasteiger partial charge in [-0.3, -0.25) is 9.36 Å². The van der Waals surface area contributed by atoms with Gasteiger partial charge in [-0.05, 0) is 17.7 Å². The summed E-state index contributed by atoms with van der Waals surface area (Å²) in [6, 6.07) is 9.74. The fourth-order valence-electron chi connectivity index (χ4n) is 2.49. The van der Waals surface area contributed by atoms with Crippen LogP contribution in [-0.2, 0) is 32.7 Å². The standard InChI is InChI=1S/C17H12N4O.Y/c1-11-13-8-12-4-2-3-5-15(12)20-16(13)14(9-19-11)17(22)21-7-6-18-10-21;/h2-10H,1H2,(H,19,20,22);/p-1. The van der Waals surface area contributed by atoms with Gasteiger partial charge in [0.1, 0.15) is 6.33 Å². The van der Waals surface area contributed by atoms with Crippen molar-refractivity contribution in [1.82, 2.24) is 14.5 Å². The van der Waals surface area contributed by atoms with Crippen molar-refractivity contribution in [3.05, 3.63) is 78.4 Å². The molecular weight excluding hydrogens is 365 g/mol. The van der Waals surface area contributed by atoms with Gasteiger partial charge in [-0.25, -0.2) is 9.97 Å². The predicted octanol–water partition coefficient (Wildman–Crippen LogP) is 3.47. The summed E-state index contributed by atoms with van der Waals surface area (Å²) in [6.07, 6.45) is 6.15. The Kier molecular flexibility index (Phi) is 4.24. The minimum Gasteiger partial charge on any atom is -0.663 e. The van der Waals surface area contributed by atoms with Crippen molar-refractivity contribution in [2.24, 2.45) is 0 Å². The van der Waals surface area contributed by atoms with E-state index in [1.807, 2.05) is 30.3 Å². The van der Waals surface area contributed by atoms with Crippen LogP contribution >= 0.6 is 0 Å². The van der Waals surface area contributed by atoms with Crippen molar-refractivity contribution >= 4 is 28.1 Å². The first-order valence-corrected chi connectivity index (χ1v) is 6.77. The van der Waals surface area contributed by atoms with E-state index < -0.39 is 0 Å². The molecular formula is C17H11N4OY-. The Labute approximate surface area is 158 Å². The SMILES string of the molecule is C=C1[N-]C=C(C(=O)n2ccnc2)c2nc3ccccc3cc21.[Y]. The van der Waals surface area contributed by atoms with Crippen molar-refractivity contribution in [2.45, 2.75) is 0 Å². The van der Waals surface area contributed by atoms with Gasteiger partial charge in [0.15, 0.2) is 0 Å². The third kappa shape index (κ3) is 2.66. The molecule has 0 bridgehead atoms. The van der Waals surface area contributed by atoms with Crippen molar-refractivity contribution in [1.29, 1.82) is 0 Å². The van der Waals surface area contributed by atoms with Gasteiger partial charge in [0, 0.05) is 56.1 Å². The van der Waals surface area contributed by atoms with Crippen LogP contribution in [0.2, 0.25) is 0 Å². The first-order valence-electron chi connectivity index (χ1n) is 6.77. The summed E-state index contributed by atoms with van der Waals surface area (Å²) in [5.41, 5.74) is 3.27. The second-order valence-electron chi connectivity index (χ2n) is 4.97. The largest absolute Gasteiger partial charge is 0.663 e. The first kappa shape index (κ1) is 15.8. The molecule has 1 radical (unpaired) electrons. The Bertz CT molecular complexity index is 944. The van der Waals surface area contributed by atoms with Crippen LogP contribution in [0, 0.1) is 0 Å². The minimum atomic E-state index is -0.210. The van der Waals surface area contributed by atoms with Crippen molar-refractivity contribution in [2.75, 3.05) is 0 Å². The van der Waals surface area contributed by atoms with Gasteiger partial charge in [0.05, 0.1) is 11.2 Å². The number of carbonyl (C=O) groups excluding carboxylic acids is 1. The maximum atomic E-state index is 12.6. The number of nitrogens with zero attached hydrogens (tertiary/aromatic N) is 4. The summed E-state index contributed by atoms with van der Waals surface area (Å²) in [5.74, 6) is -0.210. The van der Waals surface area contributed by atoms with E-state index in [4.69, 9.17) is 0 Å². The average Bonchev–Trinajstić information content (AvgIpc) is 3.08. The smallest absolute Gasteiger partial charge is 0.263 e. The molecule has 0 N–H and O–H groups in total. The number of aromatic nitrogens is 3. The van der Waals surface area contributed by atoms with E-state index in [1.54, 1.807) is 12.4 Å². The summed E-state index contributed by atoms with van der Waals surface area (Å²) in [5, 5.41) is 5.23. The fraction of sp³-hybridized carbons (Fsp3) is 0. The number of benzene rings is 1. The third-order valence-corrected chi connectivity index (χ3v) is 3.61. The van der Waals surface area contributed by atoms with Gasteiger partial charge in [-0.1, -0.05) is 18.2 Å². The van der Waals surface area contributed by atoms with E-state index in [9.17, 15) is 4.79 Å². The van der Waals surface area contributed by atoms with Crippen LogP contribution in [0.5, 0.6) is 0 Å². The van der Waals surface area contributed by atoms with Crippen molar-refractivity contribution < 1.29 is 37.5 Å². The minimum absolute atomic E-state index is 0. The summed E-state index contributed by atoms with van der Waals surface area (Å²) in [6.45, 7) is 3.94. The molecule has 1 aliphatic rings. The van der Waals surface area contributed by atoms with E-state index in [0.717, 1.165) is 16.5 Å². The number of para-hydroxylation sites is 1. The molecule has 2 aromatic heterocycles. The normalized spacial score (nSPS) is 12.9. The monoisotopic (exact) mass is 376 g/mol. The zero-order valence-corrected chi connectivity index (χ0v) is 15.0. The molecule has 5 nitrogen and oxygen atoms in total. The number of imidazole rings is 1. The van der Waals surface area contributed by atoms with E-state index in [1.165, 1.54) is 17.1 Å². The average molecular weight is 376 g/mol. The second kappa shape index (κ2) is 6.18. The Morgan fingerprint density at radius 2 is 2.09 bits per heavy atom. The van der Waals surface area contributed by atoms with Gasteiger partial charge in [-0.2, -0.15) is 6.20 Å². The number of pyridine rings is 1. The maximum Gasteiger partial charge on any atom is 0.263 e. The van der Waals surface area contributed by atoms with Crippen LogP contribution in [0.25, 0.3) is 27.5 Å². The van der Waals surface area contributed by atoms with Crippen molar-refractivity contribution in [3.63, 3.8) is 0 Å². The molecule has 0 fully saturated rings. The molecule has 0 saturated carbocycles. The number of allylic oxidation sites excluding steroid dienone is 1. The van der Waals surface area contributed by atoms with Gasteiger partial charge >= 0.3 is 0 Å². The molecule has 0 atom stereocenters. The van der Waals surface area contributed by atoms with E-state index >= 15 is 0 Å². The Hall–Kier alpha value is -2.11. The molecule has 0 unspecified atom stereocenters. The van der Waals surface area contributed by atoms with Gasteiger partial charge < -0.3 is 5.32 Å². The zero-order chi connectivity index (χ0) is 15.1. The van der Waals surface area contributed by atoms with Crippen LogP contribution < -0.4 is 0 Å². The number of rotatable bonds is 1. The molecule has 23 heavy (non-hydrogen) atoms. The van der Waals surface area contributed by atoms with Crippen LogP contribution in [-0.4, -0.2) is 20.4 Å².